The lowest BCUT2D eigenvalue weighted by Gasteiger charge is -2.08. The molecule has 0 fully saturated rings. The molecular weight excluding hydrogens is 234 g/mol. The fourth-order valence-electron chi connectivity index (χ4n) is 1.67. The van der Waals surface area contributed by atoms with Crippen LogP contribution in [0.3, 0.4) is 0 Å². The molecule has 0 unspecified atom stereocenters. The minimum absolute atomic E-state index is 0.131. The van der Waals surface area contributed by atoms with E-state index in [1.807, 2.05) is 26.0 Å². The monoisotopic (exact) mass is 247 g/mol. The maximum absolute atomic E-state index is 10.8. The summed E-state index contributed by atoms with van der Waals surface area (Å²) in [5, 5.41) is 10.8. The third kappa shape index (κ3) is 2.17. The van der Waals surface area contributed by atoms with Gasteiger partial charge in [0.1, 0.15) is 5.75 Å². The molecule has 1 aromatic carbocycles. The van der Waals surface area contributed by atoms with Crippen LogP contribution in [0.2, 0.25) is 0 Å². The lowest BCUT2D eigenvalue weighted by molar-refractivity contribution is -0.390. The molecule has 0 aliphatic rings. The second kappa shape index (κ2) is 4.48. The van der Waals surface area contributed by atoms with Gasteiger partial charge in [-0.3, -0.25) is 4.57 Å². The molecule has 18 heavy (non-hydrogen) atoms. The normalized spacial score (nSPS) is 10.4. The van der Waals surface area contributed by atoms with Crippen molar-refractivity contribution >= 4 is 5.82 Å². The van der Waals surface area contributed by atoms with Crippen LogP contribution >= 0.6 is 0 Å². The van der Waals surface area contributed by atoms with Gasteiger partial charge < -0.3 is 14.9 Å². The molecule has 0 bridgehead atoms. The number of nitrogens with zero attached hydrogens (tertiary/aromatic N) is 3. The molecule has 6 nitrogen and oxygen atoms in total. The van der Waals surface area contributed by atoms with Gasteiger partial charge in [-0.2, -0.15) is 0 Å². The quantitative estimate of drug-likeness (QED) is 0.617. The Kier molecular flexibility index (Phi) is 3.01. The first-order valence-electron chi connectivity index (χ1n) is 5.40. The Morgan fingerprint density at radius 2 is 2.11 bits per heavy atom. The lowest BCUT2D eigenvalue weighted by Crippen LogP contribution is -1.97. The first-order chi connectivity index (χ1) is 8.49. The molecule has 6 heteroatoms. The molecule has 0 amide bonds. The molecule has 0 saturated heterocycles. The second-order valence-electron chi connectivity index (χ2n) is 4.11. The molecule has 0 atom stereocenters. The van der Waals surface area contributed by atoms with Gasteiger partial charge >= 0.3 is 11.7 Å². The SMILES string of the molecule is Cc1ccc(Oc2c([N+](=O)[O-])ncn2C)c(C)c1. The van der Waals surface area contributed by atoms with Crippen molar-refractivity contribution < 1.29 is 9.66 Å². The van der Waals surface area contributed by atoms with Crippen LogP contribution in [-0.4, -0.2) is 14.5 Å². The van der Waals surface area contributed by atoms with Crippen LogP contribution in [-0.2, 0) is 7.05 Å². The summed E-state index contributed by atoms with van der Waals surface area (Å²) < 4.78 is 7.07. The number of aromatic nitrogens is 2. The van der Waals surface area contributed by atoms with Crippen molar-refractivity contribution in [3.63, 3.8) is 0 Å². The topological polar surface area (TPSA) is 70.2 Å². The molecule has 0 aliphatic carbocycles. The summed E-state index contributed by atoms with van der Waals surface area (Å²) in [6.07, 6.45) is 1.36. The van der Waals surface area contributed by atoms with Gasteiger partial charge in [0.2, 0.25) is 6.33 Å². The van der Waals surface area contributed by atoms with E-state index in [4.69, 9.17) is 4.74 Å². The highest BCUT2D eigenvalue weighted by molar-refractivity contribution is 5.42. The summed E-state index contributed by atoms with van der Waals surface area (Å²) in [5.41, 5.74) is 2.03. The van der Waals surface area contributed by atoms with E-state index in [9.17, 15) is 10.1 Å². The lowest BCUT2D eigenvalue weighted by atomic mass is 10.1. The first-order valence-corrected chi connectivity index (χ1v) is 5.40. The Balaban J connectivity index is 2.39. The van der Waals surface area contributed by atoms with E-state index in [-0.39, 0.29) is 11.7 Å². The van der Waals surface area contributed by atoms with E-state index in [0.29, 0.717) is 5.75 Å². The van der Waals surface area contributed by atoms with Crippen molar-refractivity contribution in [1.29, 1.82) is 0 Å². The van der Waals surface area contributed by atoms with Crippen LogP contribution in [0.5, 0.6) is 11.6 Å². The number of hydrogen-bond donors (Lipinski definition) is 0. The Bertz CT molecular complexity index is 605. The van der Waals surface area contributed by atoms with Gasteiger partial charge in [0.15, 0.2) is 0 Å². The average Bonchev–Trinajstić information content (AvgIpc) is 2.64. The Morgan fingerprint density at radius 1 is 1.39 bits per heavy atom. The van der Waals surface area contributed by atoms with Gasteiger partial charge in [-0.15, -0.1) is 0 Å². The summed E-state index contributed by atoms with van der Waals surface area (Å²) in [6, 6.07) is 5.64. The standard InChI is InChI=1S/C12H13N3O3/c1-8-4-5-10(9(2)6-8)18-12-11(15(16)17)13-7-14(12)3/h4-7H,1-3H3. The Labute approximate surface area is 104 Å². The predicted molar refractivity (Wildman–Crippen MR) is 65.9 cm³/mol. The van der Waals surface area contributed by atoms with Gasteiger partial charge in [0.25, 0.3) is 0 Å². The maximum Gasteiger partial charge on any atom is 0.427 e. The van der Waals surface area contributed by atoms with E-state index in [1.165, 1.54) is 10.9 Å². The third-order valence-electron chi connectivity index (χ3n) is 2.57. The van der Waals surface area contributed by atoms with Crippen LogP contribution in [0.15, 0.2) is 24.5 Å². The third-order valence-corrected chi connectivity index (χ3v) is 2.57. The molecular formula is C12H13N3O3. The fourth-order valence-corrected chi connectivity index (χ4v) is 1.67. The van der Waals surface area contributed by atoms with Crippen LogP contribution < -0.4 is 4.74 Å². The molecule has 1 heterocycles. The average molecular weight is 247 g/mol. The van der Waals surface area contributed by atoms with Crippen LogP contribution in [0.4, 0.5) is 5.82 Å². The molecule has 0 N–H and O–H groups in total. The van der Waals surface area contributed by atoms with Crippen molar-refractivity contribution in [1.82, 2.24) is 9.55 Å². The molecule has 2 rings (SSSR count). The Hall–Kier alpha value is -2.37. The van der Waals surface area contributed by atoms with Gasteiger partial charge in [-0.05, 0) is 35.4 Å². The second-order valence-corrected chi connectivity index (χ2v) is 4.11. The zero-order valence-electron chi connectivity index (χ0n) is 10.4. The maximum atomic E-state index is 10.8. The largest absolute Gasteiger partial charge is 0.433 e. The van der Waals surface area contributed by atoms with Gasteiger partial charge in [0, 0.05) is 7.05 Å². The predicted octanol–water partition coefficient (Wildman–Crippen LogP) is 2.74. The van der Waals surface area contributed by atoms with Crippen molar-refractivity contribution in [3.05, 3.63) is 45.8 Å². The van der Waals surface area contributed by atoms with Gasteiger partial charge in [-0.1, -0.05) is 17.7 Å². The summed E-state index contributed by atoms with van der Waals surface area (Å²) in [4.78, 5) is 14.0. The van der Waals surface area contributed by atoms with Crippen molar-refractivity contribution in [2.75, 3.05) is 0 Å². The minimum Gasteiger partial charge on any atom is -0.433 e. The fraction of sp³-hybridized carbons (Fsp3) is 0.250. The van der Waals surface area contributed by atoms with E-state index in [2.05, 4.69) is 4.98 Å². The van der Waals surface area contributed by atoms with Crippen LogP contribution in [0.1, 0.15) is 11.1 Å². The van der Waals surface area contributed by atoms with E-state index < -0.39 is 4.92 Å². The van der Waals surface area contributed by atoms with Crippen molar-refractivity contribution in [2.45, 2.75) is 13.8 Å². The zero-order valence-corrected chi connectivity index (χ0v) is 10.4. The van der Waals surface area contributed by atoms with Gasteiger partial charge in [-0.25, -0.2) is 0 Å². The highest BCUT2D eigenvalue weighted by atomic mass is 16.6. The zero-order chi connectivity index (χ0) is 13.3. The molecule has 1 aromatic heterocycles. The summed E-state index contributed by atoms with van der Waals surface area (Å²) >= 11 is 0. The van der Waals surface area contributed by atoms with E-state index in [0.717, 1.165) is 11.1 Å². The van der Waals surface area contributed by atoms with Crippen LogP contribution in [0, 0.1) is 24.0 Å². The van der Waals surface area contributed by atoms with Crippen molar-refractivity contribution in [2.24, 2.45) is 7.05 Å². The molecule has 2 aromatic rings. The summed E-state index contributed by atoms with van der Waals surface area (Å²) in [7, 11) is 1.65. The highest BCUT2D eigenvalue weighted by Crippen LogP contribution is 2.31. The number of ether oxygens (including phenoxy) is 1. The van der Waals surface area contributed by atoms with Crippen LogP contribution in [0.25, 0.3) is 0 Å². The first kappa shape index (κ1) is 12.1. The smallest absolute Gasteiger partial charge is 0.427 e. The molecule has 0 spiro atoms. The van der Waals surface area contributed by atoms with E-state index >= 15 is 0 Å². The van der Waals surface area contributed by atoms with Gasteiger partial charge in [0.05, 0.1) is 0 Å². The number of hydrogen-bond acceptors (Lipinski definition) is 4. The van der Waals surface area contributed by atoms with E-state index in [1.54, 1.807) is 13.1 Å². The Morgan fingerprint density at radius 3 is 2.72 bits per heavy atom. The van der Waals surface area contributed by atoms with Crippen molar-refractivity contribution in [3.8, 4) is 11.6 Å². The number of imidazole rings is 1. The molecule has 0 radical (unpaired) electrons. The highest BCUT2D eigenvalue weighted by Gasteiger charge is 2.22. The number of aryl methyl sites for hydroxylation is 3. The molecule has 94 valence electrons. The molecule has 0 aliphatic heterocycles. The number of benzene rings is 1. The minimum atomic E-state index is -0.557. The molecule has 0 saturated carbocycles. The summed E-state index contributed by atoms with van der Waals surface area (Å²) in [6.45, 7) is 3.87. The number of nitro groups is 1. The summed E-state index contributed by atoms with van der Waals surface area (Å²) in [5.74, 6) is 0.441. The number of rotatable bonds is 3.